The van der Waals surface area contributed by atoms with E-state index in [1.54, 1.807) is 35.3 Å². The largest absolute Gasteiger partial charge is 0.373 e. The third kappa shape index (κ3) is 6.64. The van der Waals surface area contributed by atoms with Crippen LogP contribution in [0.4, 0.5) is 5.69 Å². The van der Waals surface area contributed by atoms with Crippen LogP contribution in [0.5, 0.6) is 0 Å². The highest BCUT2D eigenvalue weighted by molar-refractivity contribution is 6.31. The number of nitrogens with one attached hydrogen (secondary N) is 2. The van der Waals surface area contributed by atoms with Gasteiger partial charge in [0.05, 0.1) is 29.9 Å². The summed E-state index contributed by atoms with van der Waals surface area (Å²) in [7, 11) is 0. The fraction of sp³-hybridized carbons (Fsp3) is 0.296. The average Bonchev–Trinajstić information content (AvgIpc) is 3.37. The first-order valence-corrected chi connectivity index (χ1v) is 13.5. The topological polar surface area (TPSA) is 133 Å². The Morgan fingerprint density at radius 3 is 2.65 bits per heavy atom. The lowest BCUT2D eigenvalue weighted by molar-refractivity contribution is -0.121. The van der Waals surface area contributed by atoms with Gasteiger partial charge in [0.15, 0.2) is 5.15 Å². The molecule has 0 fully saturated rings. The van der Waals surface area contributed by atoms with Crippen LogP contribution < -0.4 is 21.9 Å². The van der Waals surface area contributed by atoms with Gasteiger partial charge in [-0.1, -0.05) is 53.4 Å². The molecule has 0 aliphatic carbocycles. The van der Waals surface area contributed by atoms with E-state index in [0.29, 0.717) is 28.5 Å². The van der Waals surface area contributed by atoms with E-state index in [1.807, 2.05) is 24.3 Å². The number of carbonyl (C=O) groups excluding carboxylic acids is 1. The summed E-state index contributed by atoms with van der Waals surface area (Å²) >= 11 is 12.3. The lowest BCUT2D eigenvalue weighted by atomic mass is 9.99. The van der Waals surface area contributed by atoms with Crippen molar-refractivity contribution in [2.45, 2.75) is 37.8 Å². The van der Waals surface area contributed by atoms with E-state index < -0.39 is 6.04 Å². The van der Waals surface area contributed by atoms with Crippen LogP contribution in [-0.2, 0) is 4.79 Å². The van der Waals surface area contributed by atoms with E-state index in [-0.39, 0.29) is 41.6 Å². The number of hydrogen-bond acceptors (Lipinski definition) is 7. The molecule has 2 bridgehead atoms. The molecule has 40 heavy (non-hydrogen) atoms. The lowest BCUT2D eigenvalue weighted by Gasteiger charge is -2.22. The second-order valence-corrected chi connectivity index (χ2v) is 10.2. The van der Waals surface area contributed by atoms with Gasteiger partial charge in [0.25, 0.3) is 5.56 Å². The highest BCUT2D eigenvalue weighted by Gasteiger charge is 2.21. The van der Waals surface area contributed by atoms with E-state index in [2.05, 4.69) is 25.9 Å². The van der Waals surface area contributed by atoms with Crippen LogP contribution in [0.2, 0.25) is 10.2 Å². The molecule has 0 spiro atoms. The maximum absolute atomic E-state index is 13.6. The molecule has 0 unspecified atom stereocenters. The SMILES string of the molecule is Cl.NC[C@H]1Nc2cccc(c2)[C@@H](n2cnc(-c3cc(Cl)ccc3-n3cc(Cl)nn3)cc2=O)CCCCCNC1=O. The predicted molar refractivity (Wildman–Crippen MR) is 159 cm³/mol. The van der Waals surface area contributed by atoms with Crippen molar-refractivity contribution in [3.63, 3.8) is 0 Å². The molecule has 0 saturated heterocycles. The number of hydrogen-bond donors (Lipinski definition) is 3. The van der Waals surface area contributed by atoms with E-state index in [9.17, 15) is 9.59 Å². The molecule has 2 atom stereocenters. The zero-order valence-corrected chi connectivity index (χ0v) is 23.8. The van der Waals surface area contributed by atoms with Gasteiger partial charge in [-0.05, 0) is 48.7 Å². The summed E-state index contributed by atoms with van der Waals surface area (Å²) in [4.78, 5) is 30.8. The third-order valence-corrected chi connectivity index (χ3v) is 7.14. The molecule has 10 nitrogen and oxygen atoms in total. The van der Waals surface area contributed by atoms with Crippen molar-refractivity contribution in [2.75, 3.05) is 18.4 Å². The number of anilines is 1. The minimum Gasteiger partial charge on any atom is -0.373 e. The minimum absolute atomic E-state index is 0. The number of fused-ring (bicyclic) bond motifs is 2. The molecular formula is C27H29Cl3N8O2. The molecule has 1 amide bonds. The Hall–Kier alpha value is -3.44. The first kappa shape index (κ1) is 29.5. The summed E-state index contributed by atoms with van der Waals surface area (Å²) in [6.45, 7) is 0.741. The average molecular weight is 604 g/mol. The molecule has 0 saturated carbocycles. The molecule has 13 heteroatoms. The van der Waals surface area contributed by atoms with Gasteiger partial charge in [0, 0.05) is 35.4 Å². The van der Waals surface area contributed by atoms with Gasteiger partial charge in [-0.15, -0.1) is 17.5 Å². The summed E-state index contributed by atoms with van der Waals surface area (Å²) < 4.78 is 3.17. The van der Waals surface area contributed by atoms with Crippen molar-refractivity contribution >= 4 is 47.2 Å². The van der Waals surface area contributed by atoms with E-state index in [1.165, 1.54) is 10.7 Å². The third-order valence-electron chi connectivity index (χ3n) is 6.74. The quantitative estimate of drug-likeness (QED) is 0.318. The fourth-order valence-electron chi connectivity index (χ4n) is 4.77. The second-order valence-electron chi connectivity index (χ2n) is 9.38. The van der Waals surface area contributed by atoms with Crippen LogP contribution >= 0.6 is 35.6 Å². The van der Waals surface area contributed by atoms with Gasteiger partial charge < -0.3 is 16.4 Å². The van der Waals surface area contributed by atoms with Crippen molar-refractivity contribution in [1.29, 1.82) is 0 Å². The van der Waals surface area contributed by atoms with Crippen LogP contribution in [0, 0.1) is 0 Å². The van der Waals surface area contributed by atoms with Crippen LogP contribution in [0.3, 0.4) is 0 Å². The Morgan fingerprint density at radius 1 is 1.05 bits per heavy atom. The number of amides is 1. The lowest BCUT2D eigenvalue weighted by Crippen LogP contribution is -2.44. The van der Waals surface area contributed by atoms with E-state index in [0.717, 1.165) is 36.9 Å². The van der Waals surface area contributed by atoms with Gasteiger partial charge in [0.1, 0.15) is 6.04 Å². The highest BCUT2D eigenvalue weighted by atomic mass is 35.5. The minimum atomic E-state index is -0.546. The van der Waals surface area contributed by atoms with Gasteiger partial charge in [-0.2, -0.15) is 0 Å². The molecule has 1 aliphatic rings. The Labute approximate surface area is 247 Å². The van der Waals surface area contributed by atoms with Crippen molar-refractivity contribution in [1.82, 2.24) is 29.9 Å². The summed E-state index contributed by atoms with van der Waals surface area (Å²) in [5, 5.41) is 14.8. The number of halogens is 3. The van der Waals surface area contributed by atoms with E-state index >= 15 is 0 Å². The second kappa shape index (κ2) is 13.3. The Morgan fingerprint density at radius 2 is 1.90 bits per heavy atom. The van der Waals surface area contributed by atoms with E-state index in [4.69, 9.17) is 28.9 Å². The first-order chi connectivity index (χ1) is 18.9. The van der Waals surface area contributed by atoms with Crippen LogP contribution in [0.1, 0.15) is 37.3 Å². The molecular weight excluding hydrogens is 575 g/mol. The summed E-state index contributed by atoms with van der Waals surface area (Å²) in [6, 6.07) is 13.7. The Bertz CT molecular complexity index is 1540. The molecule has 4 aromatic rings. The summed E-state index contributed by atoms with van der Waals surface area (Å²) in [5.41, 5.74) is 9.08. The van der Waals surface area contributed by atoms with Crippen LogP contribution in [0.25, 0.3) is 16.9 Å². The van der Waals surface area contributed by atoms with Crippen molar-refractivity contribution in [3.8, 4) is 16.9 Å². The number of carbonyl (C=O) groups is 1. The number of nitrogens with two attached hydrogens (primary N) is 1. The van der Waals surface area contributed by atoms with Gasteiger partial charge in [-0.25, -0.2) is 9.67 Å². The zero-order valence-electron chi connectivity index (χ0n) is 21.5. The number of benzene rings is 2. The molecule has 210 valence electrons. The Kier molecular flexibility index (Phi) is 9.80. The van der Waals surface area contributed by atoms with Crippen molar-refractivity contribution < 1.29 is 4.79 Å². The standard InChI is InChI=1S/C27H28Cl2N8O2.ClH/c28-18-8-9-24(37-15-25(29)34-35-37)20(12-18)21-13-26(38)36(16-32-21)23-7-2-1-3-10-31-27(39)22(14-30)33-19-6-4-5-17(23)11-19;/h4-6,8-9,11-13,15-16,22-23,33H,1-3,7,10,14,30H2,(H,31,39);1H/t22-,23+;/m1./s1. The molecule has 4 N–H and O–H groups in total. The number of nitrogens with zero attached hydrogens (tertiary/aromatic N) is 5. The van der Waals surface area contributed by atoms with Crippen molar-refractivity contribution in [2.24, 2.45) is 5.73 Å². The molecule has 0 radical (unpaired) electrons. The Balaban J connectivity index is 0.00000370. The fourth-order valence-corrected chi connectivity index (χ4v) is 5.07. The zero-order chi connectivity index (χ0) is 27.4. The summed E-state index contributed by atoms with van der Waals surface area (Å²) in [6.07, 6.45) is 6.50. The number of aromatic nitrogens is 5. The molecule has 5 rings (SSSR count). The van der Waals surface area contributed by atoms with Gasteiger partial charge in [-0.3, -0.25) is 14.2 Å². The maximum Gasteiger partial charge on any atom is 0.254 e. The molecule has 2 aromatic carbocycles. The first-order valence-electron chi connectivity index (χ1n) is 12.7. The maximum atomic E-state index is 13.6. The van der Waals surface area contributed by atoms with Gasteiger partial charge >= 0.3 is 0 Å². The van der Waals surface area contributed by atoms with Crippen LogP contribution in [0.15, 0.2) is 65.8 Å². The number of rotatable bonds is 4. The smallest absolute Gasteiger partial charge is 0.254 e. The predicted octanol–water partition coefficient (Wildman–Crippen LogP) is 4.24. The van der Waals surface area contributed by atoms with Crippen LogP contribution in [-0.4, -0.2) is 49.6 Å². The highest BCUT2D eigenvalue weighted by Crippen LogP contribution is 2.30. The van der Waals surface area contributed by atoms with Crippen molar-refractivity contribution in [3.05, 3.63) is 87.1 Å². The molecule has 3 heterocycles. The summed E-state index contributed by atoms with van der Waals surface area (Å²) in [5.74, 6) is -0.122. The monoisotopic (exact) mass is 602 g/mol. The molecule has 1 aliphatic heterocycles. The normalized spacial score (nSPS) is 17.8. The molecule has 2 aromatic heterocycles. The van der Waals surface area contributed by atoms with Gasteiger partial charge in [0.2, 0.25) is 5.91 Å².